The third kappa shape index (κ3) is 5.47. The maximum absolute atomic E-state index is 13.8. The summed E-state index contributed by atoms with van der Waals surface area (Å²) >= 11 is 0. The Balaban J connectivity index is 1.86. The Kier molecular flexibility index (Phi) is 8.33. The zero-order chi connectivity index (χ0) is 23.8. The Bertz CT molecular complexity index is 947. The van der Waals surface area contributed by atoms with Crippen LogP contribution in [-0.4, -0.2) is 70.1 Å². The molecule has 0 saturated carbocycles. The second kappa shape index (κ2) is 11.2. The van der Waals surface area contributed by atoms with Crippen LogP contribution in [0, 0.1) is 0 Å². The third-order valence-corrected chi connectivity index (χ3v) is 6.59. The minimum Gasteiger partial charge on any atom is -0.342 e. The minimum atomic E-state index is -1.18. The molecule has 1 aromatic carbocycles. The molecule has 0 radical (unpaired) electrons. The van der Waals surface area contributed by atoms with Crippen LogP contribution < -0.4 is 0 Å². The van der Waals surface area contributed by atoms with Gasteiger partial charge in [-0.15, -0.1) is 0 Å². The summed E-state index contributed by atoms with van der Waals surface area (Å²) in [6.07, 6.45) is 3.27. The van der Waals surface area contributed by atoms with E-state index in [0.29, 0.717) is 18.7 Å². The molecule has 176 valence electrons. The Morgan fingerprint density at radius 3 is 2.24 bits per heavy atom. The number of imide groups is 1. The second-order valence-corrected chi connectivity index (χ2v) is 8.44. The lowest BCUT2D eigenvalue weighted by Crippen LogP contribution is -2.45. The van der Waals surface area contributed by atoms with Crippen molar-refractivity contribution in [1.29, 1.82) is 0 Å². The molecule has 1 atom stereocenters. The molecule has 1 unspecified atom stereocenters. The molecule has 1 aliphatic heterocycles. The number of likely N-dealkylation sites (tertiary alicyclic amines) is 1. The van der Waals surface area contributed by atoms with Crippen molar-refractivity contribution in [1.82, 2.24) is 19.7 Å². The van der Waals surface area contributed by atoms with Crippen molar-refractivity contribution in [2.24, 2.45) is 0 Å². The summed E-state index contributed by atoms with van der Waals surface area (Å²) in [5.41, 5.74) is 0.371. The van der Waals surface area contributed by atoms with Gasteiger partial charge in [-0.05, 0) is 43.3 Å². The summed E-state index contributed by atoms with van der Waals surface area (Å²) in [6, 6.07) is 12.9. The number of hydrogen-bond donors (Lipinski definition) is 0. The number of amides is 3. The van der Waals surface area contributed by atoms with Gasteiger partial charge in [0.2, 0.25) is 17.7 Å². The lowest BCUT2D eigenvalue weighted by molar-refractivity contribution is -0.143. The van der Waals surface area contributed by atoms with Crippen LogP contribution in [0.25, 0.3) is 0 Å². The molecule has 1 fully saturated rings. The number of benzene rings is 1. The highest BCUT2D eigenvalue weighted by Gasteiger charge is 2.53. The first kappa shape index (κ1) is 24.6. The van der Waals surface area contributed by atoms with Crippen LogP contribution in [0.1, 0.15) is 44.7 Å². The molecule has 0 spiro atoms. The van der Waals surface area contributed by atoms with E-state index in [9.17, 15) is 14.4 Å². The molecule has 0 N–H and O–H groups in total. The smallest absolute Gasteiger partial charge is 0.241 e. The molecular formula is C26H34N4O3. The molecule has 1 saturated heterocycles. The first-order chi connectivity index (χ1) is 15.9. The second-order valence-electron chi connectivity index (χ2n) is 8.44. The van der Waals surface area contributed by atoms with Crippen LogP contribution in [0.15, 0.2) is 54.9 Å². The number of aromatic nitrogens is 1. The fraction of sp³-hybridized carbons (Fsp3) is 0.462. The monoisotopic (exact) mass is 450 g/mol. The first-order valence-corrected chi connectivity index (χ1v) is 11.7. The van der Waals surface area contributed by atoms with Crippen molar-refractivity contribution in [2.75, 3.05) is 32.7 Å². The van der Waals surface area contributed by atoms with E-state index >= 15 is 0 Å². The van der Waals surface area contributed by atoms with Crippen molar-refractivity contribution in [3.05, 3.63) is 66.0 Å². The van der Waals surface area contributed by atoms with E-state index in [0.717, 1.165) is 25.2 Å². The minimum absolute atomic E-state index is 0.000267. The van der Waals surface area contributed by atoms with Crippen LogP contribution in [-0.2, 0) is 26.3 Å². The van der Waals surface area contributed by atoms with Crippen molar-refractivity contribution < 1.29 is 14.4 Å². The van der Waals surface area contributed by atoms with Crippen LogP contribution in [0.2, 0.25) is 0 Å². The van der Waals surface area contributed by atoms with Gasteiger partial charge in [0, 0.05) is 44.9 Å². The number of likely N-dealkylation sites (N-methyl/N-ethyl adjacent to an activating group) is 2. The number of pyridine rings is 1. The Morgan fingerprint density at radius 1 is 0.970 bits per heavy atom. The molecule has 1 aliphatic rings. The molecule has 1 aromatic heterocycles. The van der Waals surface area contributed by atoms with E-state index < -0.39 is 5.41 Å². The van der Waals surface area contributed by atoms with Crippen LogP contribution in [0.4, 0.5) is 0 Å². The summed E-state index contributed by atoms with van der Waals surface area (Å²) in [5.74, 6) is -0.649. The molecular weight excluding hydrogens is 416 g/mol. The van der Waals surface area contributed by atoms with Gasteiger partial charge in [0.1, 0.15) is 0 Å². The zero-order valence-electron chi connectivity index (χ0n) is 19.9. The zero-order valence-corrected chi connectivity index (χ0v) is 19.9. The predicted molar refractivity (Wildman–Crippen MR) is 127 cm³/mol. The standard InChI is InChI=1S/C26H34N4O3/c1-4-28(5-2)16-17-29(6-3)23(31)18-26(22-10-8-7-9-11-22)19-24(32)30(25(26)33)20-21-12-14-27-15-13-21/h7-15H,4-6,16-20H2,1-3H3. The summed E-state index contributed by atoms with van der Waals surface area (Å²) < 4.78 is 0. The average molecular weight is 451 g/mol. The van der Waals surface area contributed by atoms with E-state index in [2.05, 4.69) is 23.7 Å². The Labute approximate surface area is 196 Å². The van der Waals surface area contributed by atoms with Crippen molar-refractivity contribution in [3.63, 3.8) is 0 Å². The number of nitrogens with zero attached hydrogens (tertiary/aromatic N) is 4. The highest BCUT2D eigenvalue weighted by Crippen LogP contribution is 2.40. The lowest BCUT2D eigenvalue weighted by atomic mass is 9.75. The molecule has 2 aromatic rings. The number of carbonyl (C=O) groups is 3. The fourth-order valence-electron chi connectivity index (χ4n) is 4.49. The van der Waals surface area contributed by atoms with Crippen LogP contribution >= 0.6 is 0 Å². The third-order valence-electron chi connectivity index (χ3n) is 6.59. The van der Waals surface area contributed by atoms with E-state index in [1.807, 2.05) is 37.3 Å². The number of hydrogen-bond acceptors (Lipinski definition) is 5. The van der Waals surface area contributed by atoms with Crippen LogP contribution in [0.5, 0.6) is 0 Å². The normalized spacial score (nSPS) is 18.2. The molecule has 0 bridgehead atoms. The molecule has 7 nitrogen and oxygen atoms in total. The fourth-order valence-corrected chi connectivity index (χ4v) is 4.49. The quantitative estimate of drug-likeness (QED) is 0.492. The lowest BCUT2D eigenvalue weighted by Gasteiger charge is -2.31. The SMILES string of the molecule is CCN(CC)CCN(CC)C(=O)CC1(c2ccccc2)CC(=O)N(Cc2ccncc2)C1=O. The largest absolute Gasteiger partial charge is 0.342 e. The summed E-state index contributed by atoms with van der Waals surface area (Å²) in [6.45, 7) is 10.1. The van der Waals surface area contributed by atoms with E-state index in [4.69, 9.17) is 0 Å². The van der Waals surface area contributed by atoms with Gasteiger partial charge in [0.15, 0.2) is 0 Å². The van der Waals surface area contributed by atoms with Crippen molar-refractivity contribution in [3.8, 4) is 0 Å². The maximum atomic E-state index is 13.8. The van der Waals surface area contributed by atoms with Crippen molar-refractivity contribution >= 4 is 17.7 Å². The predicted octanol–water partition coefficient (Wildman–Crippen LogP) is 2.86. The van der Waals surface area contributed by atoms with E-state index in [1.54, 1.807) is 29.4 Å². The highest BCUT2D eigenvalue weighted by molar-refractivity contribution is 6.10. The van der Waals surface area contributed by atoms with Crippen LogP contribution in [0.3, 0.4) is 0 Å². The number of carbonyl (C=O) groups excluding carboxylic acids is 3. The Morgan fingerprint density at radius 2 is 1.64 bits per heavy atom. The van der Waals surface area contributed by atoms with Crippen molar-refractivity contribution in [2.45, 2.75) is 45.6 Å². The van der Waals surface area contributed by atoms with Gasteiger partial charge < -0.3 is 9.80 Å². The first-order valence-electron chi connectivity index (χ1n) is 11.7. The highest BCUT2D eigenvalue weighted by atomic mass is 16.2. The number of rotatable bonds is 11. The molecule has 3 rings (SSSR count). The van der Waals surface area contributed by atoms with Gasteiger partial charge in [-0.1, -0.05) is 44.2 Å². The van der Waals surface area contributed by atoms with Gasteiger partial charge in [-0.3, -0.25) is 24.3 Å². The molecule has 3 amide bonds. The van der Waals surface area contributed by atoms with Gasteiger partial charge in [-0.2, -0.15) is 0 Å². The maximum Gasteiger partial charge on any atom is 0.241 e. The molecule has 7 heteroatoms. The van der Waals surface area contributed by atoms with Gasteiger partial charge in [0.25, 0.3) is 0 Å². The summed E-state index contributed by atoms with van der Waals surface area (Å²) in [5, 5.41) is 0. The average Bonchev–Trinajstić information content (AvgIpc) is 3.08. The molecule has 0 aliphatic carbocycles. The van der Waals surface area contributed by atoms with E-state index in [1.165, 1.54) is 4.90 Å². The summed E-state index contributed by atoms with van der Waals surface area (Å²) in [7, 11) is 0. The van der Waals surface area contributed by atoms with Gasteiger partial charge in [0.05, 0.1) is 12.0 Å². The summed E-state index contributed by atoms with van der Waals surface area (Å²) in [4.78, 5) is 49.6. The Hall–Kier alpha value is -3.06. The topological polar surface area (TPSA) is 73.8 Å². The van der Waals surface area contributed by atoms with E-state index in [-0.39, 0.29) is 37.1 Å². The van der Waals surface area contributed by atoms with Gasteiger partial charge in [-0.25, -0.2) is 0 Å². The van der Waals surface area contributed by atoms with Gasteiger partial charge >= 0.3 is 0 Å². The molecule has 33 heavy (non-hydrogen) atoms. The molecule has 2 heterocycles.